The predicted molar refractivity (Wildman–Crippen MR) is 112 cm³/mol. The average Bonchev–Trinajstić information content (AvgIpc) is 3.07. The van der Waals surface area contributed by atoms with Gasteiger partial charge < -0.3 is 20.3 Å². The molecule has 0 bridgehead atoms. The lowest BCUT2D eigenvalue weighted by atomic mass is 9.78. The SMILES string of the molecule is CC(=O)NC(C(=O)N[C@H]1CCc2ccn3c2C1C(=O)C[C@H](C(=O)O)C3)C1CCCCC1. The maximum atomic E-state index is 13.3. The maximum absolute atomic E-state index is 13.3. The van der Waals surface area contributed by atoms with Crippen molar-refractivity contribution in [3.63, 3.8) is 0 Å². The van der Waals surface area contributed by atoms with Crippen LogP contribution in [0, 0.1) is 11.8 Å². The van der Waals surface area contributed by atoms with E-state index in [1.54, 1.807) is 0 Å². The molecular formula is C23H31N3O5. The Morgan fingerprint density at radius 2 is 1.90 bits per heavy atom. The summed E-state index contributed by atoms with van der Waals surface area (Å²) < 4.78 is 1.88. The van der Waals surface area contributed by atoms with Crippen LogP contribution < -0.4 is 10.6 Å². The number of carbonyl (C=O) groups is 4. The van der Waals surface area contributed by atoms with Crippen LogP contribution in [0.4, 0.5) is 0 Å². The molecule has 0 spiro atoms. The smallest absolute Gasteiger partial charge is 0.308 e. The van der Waals surface area contributed by atoms with Crippen molar-refractivity contribution in [1.29, 1.82) is 0 Å². The van der Waals surface area contributed by atoms with Gasteiger partial charge in [-0.25, -0.2) is 0 Å². The summed E-state index contributed by atoms with van der Waals surface area (Å²) in [4.78, 5) is 49.9. The van der Waals surface area contributed by atoms with Gasteiger partial charge in [0.25, 0.3) is 0 Å². The number of nitrogens with zero attached hydrogens (tertiary/aromatic N) is 1. The molecule has 3 aliphatic rings. The van der Waals surface area contributed by atoms with Gasteiger partial charge in [0.05, 0.1) is 11.8 Å². The number of nitrogens with one attached hydrogen (secondary N) is 2. The van der Waals surface area contributed by atoms with E-state index in [9.17, 15) is 24.3 Å². The lowest BCUT2D eigenvalue weighted by molar-refractivity contribution is -0.144. The number of hydrogen-bond donors (Lipinski definition) is 3. The van der Waals surface area contributed by atoms with E-state index in [0.717, 1.165) is 49.8 Å². The van der Waals surface area contributed by atoms with E-state index in [-0.39, 0.29) is 36.5 Å². The van der Waals surface area contributed by atoms with Crippen LogP contribution in [0.25, 0.3) is 0 Å². The second-order valence-corrected chi connectivity index (χ2v) is 9.29. The van der Waals surface area contributed by atoms with Gasteiger partial charge in [-0.3, -0.25) is 19.2 Å². The van der Waals surface area contributed by atoms with Crippen LogP contribution in [0.1, 0.15) is 69.0 Å². The molecule has 2 heterocycles. The molecule has 1 saturated carbocycles. The largest absolute Gasteiger partial charge is 0.481 e. The summed E-state index contributed by atoms with van der Waals surface area (Å²) in [5, 5.41) is 15.4. The molecule has 1 aromatic heterocycles. The third kappa shape index (κ3) is 4.38. The second-order valence-electron chi connectivity index (χ2n) is 9.29. The Labute approximate surface area is 181 Å². The molecule has 8 heteroatoms. The molecule has 1 aliphatic heterocycles. The molecule has 4 atom stereocenters. The number of carboxylic acids is 1. The van der Waals surface area contributed by atoms with E-state index in [1.807, 2.05) is 16.8 Å². The topological polar surface area (TPSA) is 118 Å². The minimum Gasteiger partial charge on any atom is -0.481 e. The van der Waals surface area contributed by atoms with Crippen LogP contribution in [-0.2, 0) is 32.1 Å². The van der Waals surface area contributed by atoms with Crippen LogP contribution in [0.15, 0.2) is 12.3 Å². The van der Waals surface area contributed by atoms with Crippen LogP contribution in [0.3, 0.4) is 0 Å². The Morgan fingerprint density at radius 1 is 1.16 bits per heavy atom. The fourth-order valence-corrected chi connectivity index (χ4v) is 5.67. The Kier molecular flexibility index (Phi) is 6.16. The lowest BCUT2D eigenvalue weighted by Gasteiger charge is -2.35. The van der Waals surface area contributed by atoms with Gasteiger partial charge in [0.1, 0.15) is 11.8 Å². The summed E-state index contributed by atoms with van der Waals surface area (Å²) >= 11 is 0. The molecule has 168 valence electrons. The quantitative estimate of drug-likeness (QED) is 0.659. The minimum atomic E-state index is -0.974. The molecule has 8 nitrogen and oxygen atoms in total. The van der Waals surface area contributed by atoms with E-state index in [2.05, 4.69) is 10.6 Å². The monoisotopic (exact) mass is 429 g/mol. The Morgan fingerprint density at radius 3 is 2.58 bits per heavy atom. The number of amides is 2. The second kappa shape index (κ2) is 8.85. The highest BCUT2D eigenvalue weighted by Gasteiger charge is 2.43. The van der Waals surface area contributed by atoms with Gasteiger partial charge in [-0.05, 0) is 43.2 Å². The van der Waals surface area contributed by atoms with Gasteiger partial charge in [-0.1, -0.05) is 19.3 Å². The third-order valence-electron chi connectivity index (χ3n) is 7.17. The molecule has 1 fully saturated rings. The van der Waals surface area contributed by atoms with Crippen molar-refractivity contribution >= 4 is 23.6 Å². The molecule has 2 aliphatic carbocycles. The van der Waals surface area contributed by atoms with Gasteiger partial charge in [0.15, 0.2) is 0 Å². The van der Waals surface area contributed by atoms with Crippen LogP contribution >= 0.6 is 0 Å². The number of aliphatic carboxylic acids is 1. The molecule has 1 aromatic rings. The number of hydrogen-bond acceptors (Lipinski definition) is 4. The first-order valence-electron chi connectivity index (χ1n) is 11.4. The summed E-state index contributed by atoms with van der Waals surface area (Å²) in [5.41, 5.74) is 1.90. The number of carboxylic acid groups (broad SMARTS) is 1. The molecule has 3 N–H and O–H groups in total. The van der Waals surface area contributed by atoms with Crippen molar-refractivity contribution in [3.8, 4) is 0 Å². The Bertz CT molecular complexity index is 886. The van der Waals surface area contributed by atoms with E-state index >= 15 is 0 Å². The molecule has 0 radical (unpaired) electrons. The van der Waals surface area contributed by atoms with Crippen molar-refractivity contribution in [1.82, 2.24) is 15.2 Å². The number of Topliss-reactive ketones (excluding diaryl/α,β-unsaturated/α-hetero) is 1. The van der Waals surface area contributed by atoms with Gasteiger partial charge in [-0.15, -0.1) is 0 Å². The number of aromatic nitrogens is 1. The van der Waals surface area contributed by atoms with Crippen molar-refractivity contribution in [2.24, 2.45) is 11.8 Å². The van der Waals surface area contributed by atoms with Crippen LogP contribution in [0.2, 0.25) is 0 Å². The van der Waals surface area contributed by atoms with E-state index in [0.29, 0.717) is 6.42 Å². The maximum Gasteiger partial charge on any atom is 0.308 e. The summed E-state index contributed by atoms with van der Waals surface area (Å²) in [7, 11) is 0. The molecule has 4 rings (SSSR count). The van der Waals surface area contributed by atoms with Crippen LogP contribution in [-0.4, -0.2) is 45.3 Å². The number of carbonyl (C=O) groups excluding carboxylic acids is 3. The zero-order valence-electron chi connectivity index (χ0n) is 17.9. The van der Waals surface area contributed by atoms with Gasteiger partial charge >= 0.3 is 5.97 Å². The normalized spacial score (nSPS) is 27.0. The molecular weight excluding hydrogens is 398 g/mol. The highest BCUT2D eigenvalue weighted by molar-refractivity contribution is 5.92. The first-order valence-corrected chi connectivity index (χ1v) is 11.4. The van der Waals surface area contributed by atoms with Gasteiger partial charge in [0.2, 0.25) is 11.8 Å². The predicted octanol–water partition coefficient (Wildman–Crippen LogP) is 1.76. The van der Waals surface area contributed by atoms with Gasteiger partial charge in [0, 0.05) is 37.8 Å². The first kappa shape index (κ1) is 21.6. The summed E-state index contributed by atoms with van der Waals surface area (Å²) in [6.45, 7) is 1.69. The summed E-state index contributed by atoms with van der Waals surface area (Å²) in [5.74, 6) is -2.79. The zero-order chi connectivity index (χ0) is 22.1. The van der Waals surface area contributed by atoms with Crippen LogP contribution in [0.5, 0.6) is 0 Å². The third-order valence-corrected chi connectivity index (χ3v) is 7.17. The fraction of sp³-hybridized carbons (Fsp3) is 0.652. The molecule has 2 unspecified atom stereocenters. The fourth-order valence-electron chi connectivity index (χ4n) is 5.67. The number of ketones is 1. The Hall–Kier alpha value is -2.64. The summed E-state index contributed by atoms with van der Waals surface area (Å²) in [6.07, 6.45) is 8.21. The summed E-state index contributed by atoms with van der Waals surface area (Å²) in [6, 6.07) is 0.965. The minimum absolute atomic E-state index is 0.0365. The number of rotatable bonds is 5. The molecule has 0 saturated heterocycles. The highest BCUT2D eigenvalue weighted by Crippen LogP contribution is 2.38. The van der Waals surface area contributed by atoms with Crippen molar-refractivity contribution in [3.05, 3.63) is 23.5 Å². The first-order chi connectivity index (χ1) is 14.8. The average molecular weight is 430 g/mol. The van der Waals surface area contributed by atoms with E-state index in [1.165, 1.54) is 6.92 Å². The van der Waals surface area contributed by atoms with E-state index < -0.39 is 29.9 Å². The van der Waals surface area contributed by atoms with E-state index in [4.69, 9.17) is 0 Å². The lowest BCUT2D eigenvalue weighted by Crippen LogP contribution is -2.55. The van der Waals surface area contributed by atoms with Crippen molar-refractivity contribution < 1.29 is 24.3 Å². The molecule has 31 heavy (non-hydrogen) atoms. The standard InChI is InChI=1S/C23H31N3O5/c1-13(27)24-20(14-5-3-2-4-6-14)22(29)25-17-8-7-15-9-10-26-12-16(23(30)31)11-18(28)19(17)21(15)26/h9-10,14,16-17,19-20H,2-8,11-12H2,1H3,(H,24,27)(H,25,29)(H,30,31)/t16-,17-,19?,20?/m0/s1. The van der Waals surface area contributed by atoms with Gasteiger partial charge in [-0.2, -0.15) is 0 Å². The van der Waals surface area contributed by atoms with Crippen molar-refractivity contribution in [2.75, 3.05) is 0 Å². The Balaban J connectivity index is 1.57. The number of aryl methyl sites for hydroxylation is 1. The zero-order valence-corrected chi connectivity index (χ0v) is 17.9. The molecule has 0 aromatic carbocycles. The molecule has 2 amide bonds. The highest BCUT2D eigenvalue weighted by atomic mass is 16.4. The van der Waals surface area contributed by atoms with Crippen molar-refractivity contribution in [2.45, 2.75) is 82.8 Å².